The molecule has 1 N–H and O–H groups in total. The lowest BCUT2D eigenvalue weighted by Crippen LogP contribution is -2.48. The second-order valence-corrected chi connectivity index (χ2v) is 6.26. The first-order valence-corrected chi connectivity index (χ1v) is 7.82. The lowest BCUT2D eigenvalue weighted by Gasteiger charge is -2.40. The van der Waals surface area contributed by atoms with E-state index in [1.165, 1.54) is 18.4 Å². The van der Waals surface area contributed by atoms with Crippen LogP contribution in [0.3, 0.4) is 0 Å². The van der Waals surface area contributed by atoms with Gasteiger partial charge >= 0.3 is 0 Å². The first-order valence-electron chi connectivity index (χ1n) is 7.82. The second-order valence-electron chi connectivity index (χ2n) is 6.26. The Morgan fingerprint density at radius 3 is 2.70 bits per heavy atom. The number of fused-ring (bicyclic) bond motifs is 2. The van der Waals surface area contributed by atoms with Crippen molar-refractivity contribution in [3.63, 3.8) is 0 Å². The van der Waals surface area contributed by atoms with E-state index in [0.29, 0.717) is 6.04 Å². The zero-order chi connectivity index (χ0) is 14.2. The Labute approximate surface area is 121 Å². The number of benzene rings is 1. The average molecular weight is 272 g/mol. The van der Waals surface area contributed by atoms with Crippen LogP contribution in [0.4, 0.5) is 5.69 Å². The monoisotopic (exact) mass is 272 g/mol. The predicted molar refractivity (Wildman–Crippen MR) is 81.9 cm³/mol. The van der Waals surface area contributed by atoms with Crippen molar-refractivity contribution in [1.29, 1.82) is 0 Å². The Balaban J connectivity index is 1.78. The standard InChI is InChI=1S/C17H24N2O/c1-3-6-13(2)19-11-9-17(10-12-19)14-7-4-5-8-15(14)18-16(17)20/h4-5,7-8,13H,3,6,9-12H2,1-2H3,(H,18,20). The number of likely N-dealkylation sites (tertiary alicyclic amines) is 1. The molecule has 2 heterocycles. The molecular weight excluding hydrogens is 248 g/mol. The Bertz CT molecular complexity index is 503. The van der Waals surface area contributed by atoms with E-state index in [1.807, 2.05) is 18.2 Å². The van der Waals surface area contributed by atoms with Crippen LogP contribution in [0.5, 0.6) is 0 Å². The fourth-order valence-corrected chi connectivity index (χ4v) is 3.82. The number of hydrogen-bond donors (Lipinski definition) is 1. The molecule has 0 bridgehead atoms. The number of rotatable bonds is 3. The molecule has 0 radical (unpaired) electrons. The van der Waals surface area contributed by atoms with Crippen molar-refractivity contribution in [2.24, 2.45) is 0 Å². The van der Waals surface area contributed by atoms with Crippen molar-refractivity contribution < 1.29 is 4.79 Å². The predicted octanol–water partition coefficient (Wildman–Crippen LogP) is 3.16. The zero-order valence-electron chi connectivity index (χ0n) is 12.5. The van der Waals surface area contributed by atoms with E-state index in [9.17, 15) is 4.79 Å². The van der Waals surface area contributed by atoms with Gasteiger partial charge < -0.3 is 10.2 Å². The summed E-state index contributed by atoms with van der Waals surface area (Å²) in [5.41, 5.74) is 1.97. The van der Waals surface area contributed by atoms with Gasteiger partial charge in [0.2, 0.25) is 5.91 Å². The number of amides is 1. The summed E-state index contributed by atoms with van der Waals surface area (Å²) in [4.78, 5) is 15.0. The van der Waals surface area contributed by atoms with E-state index in [0.717, 1.165) is 31.6 Å². The lowest BCUT2D eigenvalue weighted by molar-refractivity contribution is -0.122. The van der Waals surface area contributed by atoms with Crippen LogP contribution in [0, 0.1) is 0 Å². The van der Waals surface area contributed by atoms with Gasteiger partial charge in [-0.3, -0.25) is 4.79 Å². The third-order valence-corrected chi connectivity index (χ3v) is 5.11. The van der Waals surface area contributed by atoms with Crippen LogP contribution in [0.1, 0.15) is 45.1 Å². The van der Waals surface area contributed by atoms with Crippen molar-refractivity contribution in [3.8, 4) is 0 Å². The maximum absolute atomic E-state index is 12.5. The Morgan fingerprint density at radius 2 is 2.00 bits per heavy atom. The van der Waals surface area contributed by atoms with Gasteiger partial charge in [0.25, 0.3) is 0 Å². The first-order chi connectivity index (χ1) is 9.67. The number of para-hydroxylation sites is 1. The maximum atomic E-state index is 12.5. The van der Waals surface area contributed by atoms with Gasteiger partial charge in [-0.25, -0.2) is 0 Å². The van der Waals surface area contributed by atoms with Crippen LogP contribution in [0.15, 0.2) is 24.3 Å². The minimum Gasteiger partial charge on any atom is -0.325 e. The average Bonchev–Trinajstić information content (AvgIpc) is 2.73. The number of piperidine rings is 1. The van der Waals surface area contributed by atoms with Gasteiger partial charge in [0.1, 0.15) is 0 Å². The Hall–Kier alpha value is -1.35. The van der Waals surface area contributed by atoms with Crippen molar-refractivity contribution >= 4 is 11.6 Å². The van der Waals surface area contributed by atoms with Crippen molar-refractivity contribution in [2.45, 2.75) is 51.0 Å². The van der Waals surface area contributed by atoms with E-state index in [2.05, 4.69) is 30.1 Å². The lowest BCUT2D eigenvalue weighted by atomic mass is 9.73. The highest BCUT2D eigenvalue weighted by atomic mass is 16.2. The molecule has 2 aliphatic heterocycles. The highest BCUT2D eigenvalue weighted by molar-refractivity contribution is 6.06. The summed E-state index contributed by atoms with van der Waals surface area (Å²) < 4.78 is 0. The molecule has 1 atom stereocenters. The fourth-order valence-electron chi connectivity index (χ4n) is 3.82. The normalized spacial score (nSPS) is 22.6. The summed E-state index contributed by atoms with van der Waals surface area (Å²) in [5.74, 6) is 0.210. The Morgan fingerprint density at radius 1 is 1.30 bits per heavy atom. The summed E-state index contributed by atoms with van der Waals surface area (Å²) in [6.07, 6.45) is 4.37. The molecule has 1 saturated heterocycles. The summed E-state index contributed by atoms with van der Waals surface area (Å²) in [7, 11) is 0. The van der Waals surface area contributed by atoms with Gasteiger partial charge in [0, 0.05) is 11.7 Å². The third-order valence-electron chi connectivity index (χ3n) is 5.11. The quantitative estimate of drug-likeness (QED) is 0.916. The zero-order valence-corrected chi connectivity index (χ0v) is 12.5. The van der Waals surface area contributed by atoms with Gasteiger partial charge in [0.05, 0.1) is 5.41 Å². The van der Waals surface area contributed by atoms with Crippen LogP contribution in [0.2, 0.25) is 0 Å². The molecule has 1 fully saturated rings. The topological polar surface area (TPSA) is 32.3 Å². The molecule has 1 spiro atoms. The van der Waals surface area contributed by atoms with E-state index >= 15 is 0 Å². The molecule has 1 amide bonds. The molecule has 3 heteroatoms. The van der Waals surface area contributed by atoms with E-state index < -0.39 is 0 Å². The summed E-state index contributed by atoms with van der Waals surface area (Å²) in [6, 6.07) is 8.83. The van der Waals surface area contributed by atoms with Gasteiger partial charge in [-0.05, 0) is 50.9 Å². The summed E-state index contributed by atoms with van der Waals surface area (Å²) in [6.45, 7) is 6.61. The van der Waals surface area contributed by atoms with E-state index in [-0.39, 0.29) is 11.3 Å². The molecule has 1 unspecified atom stereocenters. The van der Waals surface area contributed by atoms with Gasteiger partial charge in [0.15, 0.2) is 0 Å². The maximum Gasteiger partial charge on any atom is 0.235 e. The van der Waals surface area contributed by atoms with Crippen LogP contribution in [-0.4, -0.2) is 29.9 Å². The minimum atomic E-state index is -0.265. The van der Waals surface area contributed by atoms with Crippen LogP contribution in [0.25, 0.3) is 0 Å². The molecule has 3 rings (SSSR count). The molecule has 0 saturated carbocycles. The van der Waals surface area contributed by atoms with Gasteiger partial charge in [-0.15, -0.1) is 0 Å². The molecule has 0 aromatic heterocycles. The molecular formula is C17H24N2O. The van der Waals surface area contributed by atoms with Crippen molar-refractivity contribution in [1.82, 2.24) is 4.90 Å². The van der Waals surface area contributed by atoms with Crippen LogP contribution < -0.4 is 5.32 Å². The molecule has 1 aromatic rings. The largest absolute Gasteiger partial charge is 0.325 e. The molecule has 2 aliphatic rings. The van der Waals surface area contributed by atoms with E-state index in [1.54, 1.807) is 0 Å². The number of carbonyl (C=O) groups excluding carboxylic acids is 1. The molecule has 1 aromatic carbocycles. The number of carbonyl (C=O) groups is 1. The fraction of sp³-hybridized carbons (Fsp3) is 0.588. The third kappa shape index (κ3) is 2.05. The number of hydrogen-bond acceptors (Lipinski definition) is 2. The van der Waals surface area contributed by atoms with Crippen LogP contribution in [-0.2, 0) is 10.2 Å². The van der Waals surface area contributed by atoms with Gasteiger partial charge in [-0.1, -0.05) is 31.5 Å². The number of anilines is 1. The van der Waals surface area contributed by atoms with Crippen molar-refractivity contribution in [3.05, 3.63) is 29.8 Å². The molecule has 3 nitrogen and oxygen atoms in total. The number of nitrogens with one attached hydrogen (secondary N) is 1. The smallest absolute Gasteiger partial charge is 0.235 e. The SMILES string of the molecule is CCCC(C)N1CCC2(CC1)C(=O)Nc1ccccc12. The molecule has 20 heavy (non-hydrogen) atoms. The van der Waals surface area contributed by atoms with Crippen LogP contribution >= 0.6 is 0 Å². The number of nitrogens with zero attached hydrogens (tertiary/aromatic N) is 1. The molecule has 108 valence electrons. The Kier molecular flexibility index (Phi) is 3.55. The summed E-state index contributed by atoms with van der Waals surface area (Å²) >= 11 is 0. The van der Waals surface area contributed by atoms with Gasteiger partial charge in [-0.2, -0.15) is 0 Å². The first kappa shape index (κ1) is 13.6. The second kappa shape index (κ2) is 5.21. The van der Waals surface area contributed by atoms with Crippen molar-refractivity contribution in [2.75, 3.05) is 18.4 Å². The highest BCUT2D eigenvalue weighted by Gasteiger charge is 2.48. The molecule has 0 aliphatic carbocycles. The highest BCUT2D eigenvalue weighted by Crippen LogP contribution is 2.45. The van der Waals surface area contributed by atoms with E-state index in [4.69, 9.17) is 0 Å². The minimum absolute atomic E-state index is 0.210. The summed E-state index contributed by atoms with van der Waals surface area (Å²) in [5, 5.41) is 3.07.